The van der Waals surface area contributed by atoms with E-state index in [0.29, 0.717) is 12.3 Å². The number of esters is 1. The monoisotopic (exact) mass is 447 g/mol. The Morgan fingerprint density at radius 1 is 1.03 bits per heavy atom. The molecule has 0 radical (unpaired) electrons. The standard InChI is InChI=1S/C20H21N3O5S2/c21-11-4-12-23-30(26,27)18-9-7-16(8-10-18)20(25)28-15-19(24)22-13-14-29-17-5-2-1-3-6-17/h1-3,5-10,23H,4,12-15H2,(H,22,24). The van der Waals surface area contributed by atoms with Gasteiger partial charge in [-0.05, 0) is 36.4 Å². The van der Waals surface area contributed by atoms with Crippen molar-refractivity contribution >= 4 is 33.7 Å². The molecule has 0 unspecified atom stereocenters. The van der Waals surface area contributed by atoms with Crippen molar-refractivity contribution in [3.8, 4) is 6.07 Å². The first kappa shape index (κ1) is 23.4. The molecular formula is C20H21N3O5S2. The van der Waals surface area contributed by atoms with Gasteiger partial charge >= 0.3 is 5.97 Å². The van der Waals surface area contributed by atoms with E-state index < -0.39 is 28.5 Å². The fourth-order valence-electron chi connectivity index (χ4n) is 2.24. The van der Waals surface area contributed by atoms with Crippen LogP contribution >= 0.6 is 11.8 Å². The number of carbonyl (C=O) groups is 2. The number of amides is 1. The van der Waals surface area contributed by atoms with Gasteiger partial charge in [0.05, 0.1) is 16.5 Å². The molecule has 0 aromatic heterocycles. The van der Waals surface area contributed by atoms with Crippen molar-refractivity contribution in [2.24, 2.45) is 0 Å². The molecule has 2 aromatic rings. The van der Waals surface area contributed by atoms with Crippen LogP contribution in [0.4, 0.5) is 0 Å². The maximum absolute atomic E-state index is 12.0. The van der Waals surface area contributed by atoms with Gasteiger partial charge in [0.1, 0.15) is 0 Å². The second-order valence-electron chi connectivity index (χ2n) is 5.92. The van der Waals surface area contributed by atoms with Crippen LogP contribution in [0.25, 0.3) is 0 Å². The number of benzene rings is 2. The predicted octanol–water partition coefficient (Wildman–Crippen LogP) is 1.94. The van der Waals surface area contributed by atoms with Gasteiger partial charge in [0.2, 0.25) is 10.0 Å². The van der Waals surface area contributed by atoms with Crippen LogP contribution in [-0.2, 0) is 19.6 Å². The number of nitriles is 1. The van der Waals surface area contributed by atoms with Crippen LogP contribution < -0.4 is 10.0 Å². The van der Waals surface area contributed by atoms with Crippen molar-refractivity contribution in [2.75, 3.05) is 25.4 Å². The van der Waals surface area contributed by atoms with E-state index in [9.17, 15) is 18.0 Å². The summed E-state index contributed by atoms with van der Waals surface area (Å²) >= 11 is 1.60. The maximum atomic E-state index is 12.0. The number of rotatable bonds is 11. The Kier molecular flexibility index (Phi) is 9.34. The number of hydrogen-bond donors (Lipinski definition) is 2. The van der Waals surface area contributed by atoms with Crippen LogP contribution in [0.1, 0.15) is 16.8 Å². The maximum Gasteiger partial charge on any atom is 0.338 e. The smallest absolute Gasteiger partial charge is 0.338 e. The minimum Gasteiger partial charge on any atom is -0.452 e. The molecule has 0 saturated heterocycles. The molecule has 0 saturated carbocycles. The summed E-state index contributed by atoms with van der Waals surface area (Å²) < 4.78 is 31.3. The minimum absolute atomic E-state index is 0.00158. The highest BCUT2D eigenvalue weighted by atomic mass is 32.2. The quantitative estimate of drug-likeness (QED) is 0.306. The number of thioether (sulfide) groups is 1. The number of nitrogens with zero attached hydrogens (tertiary/aromatic N) is 1. The van der Waals surface area contributed by atoms with Gasteiger partial charge in [-0.2, -0.15) is 5.26 Å². The molecule has 0 spiro atoms. The van der Waals surface area contributed by atoms with E-state index in [-0.39, 0.29) is 23.4 Å². The van der Waals surface area contributed by atoms with Crippen LogP contribution in [0.2, 0.25) is 0 Å². The van der Waals surface area contributed by atoms with Crippen molar-refractivity contribution in [1.82, 2.24) is 10.0 Å². The summed E-state index contributed by atoms with van der Waals surface area (Å²) in [5.74, 6) is -0.467. The van der Waals surface area contributed by atoms with Crippen molar-refractivity contribution in [1.29, 1.82) is 5.26 Å². The summed E-state index contributed by atoms with van der Waals surface area (Å²) in [7, 11) is -3.75. The van der Waals surface area contributed by atoms with Crippen molar-refractivity contribution in [3.05, 3.63) is 60.2 Å². The molecule has 0 bridgehead atoms. The Morgan fingerprint density at radius 2 is 1.73 bits per heavy atom. The van der Waals surface area contributed by atoms with Gasteiger partial charge < -0.3 is 10.1 Å². The number of ether oxygens (including phenoxy) is 1. The van der Waals surface area contributed by atoms with E-state index in [1.54, 1.807) is 11.8 Å². The molecule has 0 atom stereocenters. The Labute approximate surface area is 179 Å². The Hall–Kier alpha value is -2.87. The van der Waals surface area contributed by atoms with Crippen molar-refractivity contribution in [2.45, 2.75) is 16.2 Å². The van der Waals surface area contributed by atoms with E-state index >= 15 is 0 Å². The third-order valence-corrected chi connectivity index (χ3v) is 6.19. The molecule has 158 valence electrons. The van der Waals surface area contributed by atoms with Crippen LogP contribution in [0.15, 0.2) is 64.4 Å². The van der Waals surface area contributed by atoms with Gasteiger partial charge in [0.15, 0.2) is 6.61 Å². The molecule has 1 amide bonds. The summed E-state index contributed by atoms with van der Waals surface area (Å²) in [6, 6.07) is 16.7. The normalized spacial score (nSPS) is 10.8. The molecule has 2 aromatic carbocycles. The minimum atomic E-state index is -3.75. The first-order valence-corrected chi connectivity index (χ1v) is 11.5. The highest BCUT2D eigenvalue weighted by Gasteiger charge is 2.15. The fourth-order valence-corrected chi connectivity index (χ4v) is 4.06. The highest BCUT2D eigenvalue weighted by Crippen LogP contribution is 2.15. The summed E-state index contributed by atoms with van der Waals surface area (Å²) in [6.45, 7) is 0.00744. The Balaban J connectivity index is 1.73. The fraction of sp³-hybridized carbons (Fsp3) is 0.250. The third-order valence-electron chi connectivity index (χ3n) is 3.70. The molecular weight excluding hydrogens is 426 g/mol. The summed E-state index contributed by atoms with van der Waals surface area (Å²) in [6.07, 6.45) is 0.0522. The van der Waals surface area contributed by atoms with E-state index in [1.165, 1.54) is 24.3 Å². The second kappa shape index (κ2) is 12.0. The van der Waals surface area contributed by atoms with E-state index in [0.717, 1.165) is 4.90 Å². The van der Waals surface area contributed by atoms with E-state index in [4.69, 9.17) is 10.00 Å². The van der Waals surface area contributed by atoms with Gasteiger partial charge in [-0.1, -0.05) is 18.2 Å². The predicted molar refractivity (Wildman–Crippen MR) is 112 cm³/mol. The molecule has 2 rings (SSSR count). The van der Waals surface area contributed by atoms with Crippen LogP contribution in [0.3, 0.4) is 0 Å². The molecule has 8 nitrogen and oxygen atoms in total. The molecule has 0 fully saturated rings. The van der Waals surface area contributed by atoms with E-state index in [1.807, 2.05) is 36.4 Å². The molecule has 0 heterocycles. The number of hydrogen-bond acceptors (Lipinski definition) is 7. The third kappa shape index (κ3) is 7.87. The molecule has 2 N–H and O–H groups in total. The average Bonchev–Trinajstić information content (AvgIpc) is 2.76. The molecule has 30 heavy (non-hydrogen) atoms. The lowest BCUT2D eigenvalue weighted by Gasteiger charge is -2.08. The Morgan fingerprint density at radius 3 is 2.40 bits per heavy atom. The number of nitrogens with one attached hydrogen (secondary N) is 2. The lowest BCUT2D eigenvalue weighted by Crippen LogP contribution is -2.30. The zero-order chi connectivity index (χ0) is 21.8. The van der Waals surface area contributed by atoms with Gasteiger partial charge in [-0.25, -0.2) is 17.9 Å². The molecule has 0 aliphatic carbocycles. The molecule has 10 heteroatoms. The van der Waals surface area contributed by atoms with Crippen molar-refractivity contribution < 1.29 is 22.7 Å². The zero-order valence-corrected chi connectivity index (χ0v) is 17.7. The zero-order valence-electron chi connectivity index (χ0n) is 16.0. The first-order chi connectivity index (χ1) is 14.4. The van der Waals surface area contributed by atoms with Gasteiger partial charge in [0.25, 0.3) is 5.91 Å². The SMILES string of the molecule is N#CCCNS(=O)(=O)c1ccc(C(=O)OCC(=O)NCCSc2ccccc2)cc1. The van der Waals surface area contributed by atoms with Crippen LogP contribution in [0.5, 0.6) is 0 Å². The second-order valence-corrected chi connectivity index (χ2v) is 8.85. The largest absolute Gasteiger partial charge is 0.452 e. The number of carbonyl (C=O) groups excluding carboxylic acids is 2. The van der Waals surface area contributed by atoms with Gasteiger partial charge in [0, 0.05) is 30.2 Å². The van der Waals surface area contributed by atoms with E-state index in [2.05, 4.69) is 10.0 Å². The Bertz CT molecular complexity index is 987. The molecule has 0 aliphatic rings. The van der Waals surface area contributed by atoms with Gasteiger partial charge in [-0.3, -0.25) is 4.79 Å². The molecule has 0 aliphatic heterocycles. The highest BCUT2D eigenvalue weighted by molar-refractivity contribution is 7.99. The lowest BCUT2D eigenvalue weighted by atomic mass is 10.2. The lowest BCUT2D eigenvalue weighted by molar-refractivity contribution is -0.124. The summed E-state index contributed by atoms with van der Waals surface area (Å²) in [5, 5.41) is 11.1. The van der Waals surface area contributed by atoms with Crippen LogP contribution in [-0.4, -0.2) is 45.7 Å². The topological polar surface area (TPSA) is 125 Å². The van der Waals surface area contributed by atoms with Crippen molar-refractivity contribution in [3.63, 3.8) is 0 Å². The first-order valence-electron chi connectivity index (χ1n) is 9.01. The van der Waals surface area contributed by atoms with Crippen LogP contribution in [0, 0.1) is 11.3 Å². The van der Waals surface area contributed by atoms with Gasteiger partial charge in [-0.15, -0.1) is 11.8 Å². The summed E-state index contributed by atoms with van der Waals surface area (Å²) in [5.41, 5.74) is 0.124. The average molecular weight is 448 g/mol. The summed E-state index contributed by atoms with van der Waals surface area (Å²) in [4.78, 5) is 24.9. The number of sulfonamides is 1.